The molecule has 1 aromatic rings. The molecule has 2 rings (SSSR count). The Kier molecular flexibility index (Phi) is 7.25. The summed E-state index contributed by atoms with van der Waals surface area (Å²) in [5.41, 5.74) is 1.01. The number of benzene rings is 1. The second-order valence-electron chi connectivity index (χ2n) is 6.49. The van der Waals surface area contributed by atoms with Gasteiger partial charge in [-0.15, -0.1) is 0 Å². The van der Waals surface area contributed by atoms with Crippen LogP contribution in [0.2, 0.25) is 0 Å². The Morgan fingerprint density at radius 3 is 2.24 bits per heavy atom. The Hall–Kier alpha value is -1.60. The van der Waals surface area contributed by atoms with Gasteiger partial charge < -0.3 is 9.64 Å². The largest absolute Gasteiger partial charge is 0.497 e. The average molecular weight is 368 g/mol. The first-order valence-electron chi connectivity index (χ1n) is 8.76. The van der Waals surface area contributed by atoms with E-state index in [4.69, 9.17) is 4.74 Å². The Morgan fingerprint density at radius 1 is 1.12 bits per heavy atom. The first-order chi connectivity index (χ1) is 11.9. The molecule has 0 saturated carbocycles. The van der Waals surface area contributed by atoms with Crippen molar-refractivity contribution in [3.63, 3.8) is 0 Å². The van der Waals surface area contributed by atoms with Crippen LogP contribution in [0.25, 0.3) is 0 Å². The van der Waals surface area contributed by atoms with Gasteiger partial charge in [0.1, 0.15) is 5.75 Å². The fourth-order valence-electron chi connectivity index (χ4n) is 2.98. The lowest BCUT2D eigenvalue weighted by molar-refractivity contribution is -0.131. The van der Waals surface area contributed by atoms with E-state index < -0.39 is 10.0 Å². The molecule has 1 fully saturated rings. The number of rotatable bonds is 7. The number of carbonyl (C=O) groups excluding carboxylic acids is 1. The lowest BCUT2D eigenvalue weighted by atomic mass is 10.1. The van der Waals surface area contributed by atoms with Crippen LogP contribution < -0.4 is 4.74 Å². The first kappa shape index (κ1) is 19.7. The van der Waals surface area contributed by atoms with Gasteiger partial charge in [-0.25, -0.2) is 8.42 Å². The molecule has 0 atom stereocenters. The van der Waals surface area contributed by atoms with E-state index in [0.29, 0.717) is 13.0 Å². The summed E-state index contributed by atoms with van der Waals surface area (Å²) in [5, 5.41) is 0. The fraction of sp³-hybridized carbons (Fsp3) is 0.611. The molecule has 0 spiro atoms. The Labute approximate surface area is 150 Å². The van der Waals surface area contributed by atoms with Crippen LogP contribution in [0.5, 0.6) is 5.75 Å². The van der Waals surface area contributed by atoms with Crippen molar-refractivity contribution < 1.29 is 17.9 Å². The molecule has 7 heteroatoms. The predicted octanol–water partition coefficient (Wildman–Crippen LogP) is 1.90. The molecule has 6 nitrogen and oxygen atoms in total. The highest BCUT2D eigenvalue weighted by Crippen LogP contribution is 2.14. The van der Waals surface area contributed by atoms with E-state index in [2.05, 4.69) is 0 Å². The summed E-state index contributed by atoms with van der Waals surface area (Å²) in [4.78, 5) is 14.3. The van der Waals surface area contributed by atoms with Gasteiger partial charge in [0.25, 0.3) is 0 Å². The van der Waals surface area contributed by atoms with Gasteiger partial charge in [-0.05, 0) is 37.0 Å². The zero-order valence-corrected chi connectivity index (χ0v) is 15.9. The summed E-state index contributed by atoms with van der Waals surface area (Å²) in [5.74, 6) is 0.669. The highest BCUT2D eigenvalue weighted by atomic mass is 32.2. The summed E-state index contributed by atoms with van der Waals surface area (Å²) in [6.45, 7) is 1.68. The van der Waals surface area contributed by atoms with E-state index in [-0.39, 0.29) is 12.5 Å². The standard InChI is InChI=1S/C18H28N2O4S/c1-24-17-9-7-16(8-10-17)11-14-20(25(2,22)23)15-18(21)19-12-5-3-4-6-13-19/h7-10H,3-6,11-15H2,1-2H3. The van der Waals surface area contributed by atoms with Crippen molar-refractivity contribution in [2.24, 2.45) is 0 Å². The van der Waals surface area contributed by atoms with Gasteiger partial charge in [0.2, 0.25) is 15.9 Å². The summed E-state index contributed by atoms with van der Waals surface area (Å²) < 4.78 is 30.6. The van der Waals surface area contributed by atoms with Crippen LogP contribution in [0.4, 0.5) is 0 Å². The molecule has 0 bridgehead atoms. The maximum atomic E-state index is 12.5. The molecular formula is C18H28N2O4S. The van der Waals surface area contributed by atoms with Gasteiger partial charge in [0.15, 0.2) is 0 Å². The van der Waals surface area contributed by atoms with Crippen LogP contribution in [0.15, 0.2) is 24.3 Å². The molecule has 1 aliphatic heterocycles. The summed E-state index contributed by atoms with van der Waals surface area (Å²) >= 11 is 0. The van der Waals surface area contributed by atoms with Gasteiger partial charge in [0.05, 0.1) is 19.9 Å². The van der Waals surface area contributed by atoms with E-state index in [1.54, 1.807) is 12.0 Å². The number of carbonyl (C=O) groups is 1. The molecule has 25 heavy (non-hydrogen) atoms. The monoisotopic (exact) mass is 368 g/mol. The van der Waals surface area contributed by atoms with E-state index in [1.807, 2.05) is 24.3 Å². The molecule has 1 aromatic carbocycles. The lowest BCUT2D eigenvalue weighted by Crippen LogP contribution is -2.43. The third-order valence-electron chi connectivity index (χ3n) is 4.55. The molecular weight excluding hydrogens is 340 g/mol. The summed E-state index contributed by atoms with van der Waals surface area (Å²) in [6, 6.07) is 7.52. The molecule has 0 N–H and O–H groups in total. The number of likely N-dealkylation sites (tertiary alicyclic amines) is 1. The number of amides is 1. The maximum absolute atomic E-state index is 12.5. The van der Waals surface area contributed by atoms with Gasteiger partial charge >= 0.3 is 0 Å². The minimum atomic E-state index is -3.43. The molecule has 0 radical (unpaired) electrons. The van der Waals surface area contributed by atoms with E-state index in [0.717, 1.165) is 56.3 Å². The zero-order valence-electron chi connectivity index (χ0n) is 15.1. The third-order valence-corrected chi connectivity index (χ3v) is 5.80. The lowest BCUT2D eigenvalue weighted by Gasteiger charge is -2.25. The van der Waals surface area contributed by atoms with Gasteiger partial charge in [0, 0.05) is 19.6 Å². The average Bonchev–Trinajstić information content (AvgIpc) is 2.87. The van der Waals surface area contributed by atoms with Crippen molar-refractivity contribution in [3.8, 4) is 5.75 Å². The molecule has 1 amide bonds. The smallest absolute Gasteiger partial charge is 0.237 e. The molecule has 1 heterocycles. The minimum absolute atomic E-state index is 0.0744. The topological polar surface area (TPSA) is 66.9 Å². The van der Waals surface area contributed by atoms with Crippen molar-refractivity contribution in [2.75, 3.05) is 39.5 Å². The predicted molar refractivity (Wildman–Crippen MR) is 98.2 cm³/mol. The fourth-order valence-corrected chi connectivity index (χ4v) is 3.75. The van der Waals surface area contributed by atoms with Crippen molar-refractivity contribution in [1.29, 1.82) is 0 Å². The molecule has 0 unspecified atom stereocenters. The van der Waals surface area contributed by atoms with Crippen molar-refractivity contribution in [3.05, 3.63) is 29.8 Å². The van der Waals surface area contributed by atoms with Crippen molar-refractivity contribution in [2.45, 2.75) is 32.1 Å². The quantitative estimate of drug-likeness (QED) is 0.737. The number of methoxy groups -OCH3 is 1. The van der Waals surface area contributed by atoms with Gasteiger partial charge in [-0.3, -0.25) is 4.79 Å². The second-order valence-corrected chi connectivity index (χ2v) is 8.47. The van der Waals surface area contributed by atoms with Crippen molar-refractivity contribution in [1.82, 2.24) is 9.21 Å². The van der Waals surface area contributed by atoms with E-state index >= 15 is 0 Å². The van der Waals surface area contributed by atoms with Gasteiger partial charge in [-0.1, -0.05) is 25.0 Å². The van der Waals surface area contributed by atoms with Crippen LogP contribution in [0, 0.1) is 0 Å². The number of hydrogen-bond donors (Lipinski definition) is 0. The Bertz CT molecular complexity index is 650. The molecule has 1 saturated heterocycles. The normalized spacial score (nSPS) is 15.9. The highest BCUT2D eigenvalue weighted by molar-refractivity contribution is 7.88. The third kappa shape index (κ3) is 6.32. The number of ether oxygens (including phenoxy) is 1. The molecule has 1 aliphatic rings. The Balaban J connectivity index is 1.97. The van der Waals surface area contributed by atoms with Crippen LogP contribution in [0.3, 0.4) is 0 Å². The van der Waals surface area contributed by atoms with Crippen molar-refractivity contribution >= 4 is 15.9 Å². The van der Waals surface area contributed by atoms with Crippen LogP contribution in [-0.2, 0) is 21.2 Å². The minimum Gasteiger partial charge on any atom is -0.497 e. The summed E-state index contributed by atoms with van der Waals surface area (Å²) in [6.07, 6.45) is 5.99. The first-order valence-corrected chi connectivity index (χ1v) is 10.6. The molecule has 140 valence electrons. The van der Waals surface area contributed by atoms with Crippen LogP contribution in [-0.4, -0.2) is 63.1 Å². The van der Waals surface area contributed by atoms with Crippen LogP contribution >= 0.6 is 0 Å². The number of nitrogens with zero attached hydrogens (tertiary/aromatic N) is 2. The zero-order chi connectivity index (χ0) is 18.3. The Morgan fingerprint density at radius 2 is 1.72 bits per heavy atom. The van der Waals surface area contributed by atoms with Crippen LogP contribution in [0.1, 0.15) is 31.2 Å². The van der Waals surface area contributed by atoms with Gasteiger partial charge in [-0.2, -0.15) is 4.31 Å². The summed E-state index contributed by atoms with van der Waals surface area (Å²) in [7, 11) is -1.82. The number of hydrogen-bond acceptors (Lipinski definition) is 4. The highest BCUT2D eigenvalue weighted by Gasteiger charge is 2.23. The molecule has 0 aromatic heterocycles. The van der Waals surface area contributed by atoms with E-state index in [9.17, 15) is 13.2 Å². The maximum Gasteiger partial charge on any atom is 0.237 e. The SMILES string of the molecule is COc1ccc(CCN(CC(=O)N2CCCCCC2)S(C)(=O)=O)cc1. The number of sulfonamides is 1. The second kappa shape index (κ2) is 9.20. The van der Waals surface area contributed by atoms with E-state index in [1.165, 1.54) is 4.31 Å². The molecule has 0 aliphatic carbocycles.